The summed E-state index contributed by atoms with van der Waals surface area (Å²) < 4.78 is 5.67. The lowest BCUT2D eigenvalue weighted by Gasteiger charge is -2.14. The van der Waals surface area contributed by atoms with Crippen LogP contribution in [0.2, 0.25) is 0 Å². The fourth-order valence-electron chi connectivity index (χ4n) is 2.52. The second-order valence-electron chi connectivity index (χ2n) is 5.69. The van der Waals surface area contributed by atoms with E-state index in [1.165, 1.54) is 16.7 Å². The van der Waals surface area contributed by atoms with Gasteiger partial charge in [0.15, 0.2) is 0 Å². The van der Waals surface area contributed by atoms with Crippen LogP contribution in [0.15, 0.2) is 41.7 Å². The fraction of sp³-hybridized carbons (Fsp3) is 0.222. The van der Waals surface area contributed by atoms with Gasteiger partial charge in [-0.2, -0.15) is 0 Å². The topological polar surface area (TPSA) is 87.3 Å². The minimum Gasteiger partial charge on any atom is -0.496 e. The highest BCUT2D eigenvalue weighted by molar-refractivity contribution is 8.26. The molecular formula is C18H18N4O3S2. The minimum absolute atomic E-state index is 0.100. The molecule has 0 unspecified atom stereocenters. The third kappa shape index (κ3) is 4.75. The van der Waals surface area contributed by atoms with Gasteiger partial charge in [0.05, 0.1) is 18.3 Å². The molecule has 1 aliphatic heterocycles. The lowest BCUT2D eigenvalue weighted by molar-refractivity contribution is -0.128. The van der Waals surface area contributed by atoms with Crippen LogP contribution in [0.25, 0.3) is 6.08 Å². The van der Waals surface area contributed by atoms with Gasteiger partial charge in [-0.25, -0.2) is 4.98 Å². The van der Waals surface area contributed by atoms with Crippen LogP contribution >= 0.6 is 24.0 Å². The summed E-state index contributed by atoms with van der Waals surface area (Å²) in [7, 11) is 1.57. The van der Waals surface area contributed by atoms with Crippen molar-refractivity contribution in [3.63, 3.8) is 0 Å². The van der Waals surface area contributed by atoms with Gasteiger partial charge in [0.25, 0.3) is 5.91 Å². The van der Waals surface area contributed by atoms with Crippen molar-refractivity contribution in [2.45, 2.75) is 6.42 Å². The van der Waals surface area contributed by atoms with E-state index in [0.717, 1.165) is 11.3 Å². The van der Waals surface area contributed by atoms with E-state index in [9.17, 15) is 9.59 Å². The van der Waals surface area contributed by atoms with Gasteiger partial charge in [0.2, 0.25) is 5.91 Å². The number of para-hydroxylation sites is 1. The molecule has 1 aliphatic rings. The Morgan fingerprint density at radius 3 is 3.00 bits per heavy atom. The number of carbonyl (C=O) groups is 2. The highest BCUT2D eigenvalue weighted by Gasteiger charge is 2.33. The number of nitrogens with zero attached hydrogens (tertiary/aromatic N) is 2. The van der Waals surface area contributed by atoms with Crippen molar-refractivity contribution in [1.82, 2.24) is 20.2 Å². The average molecular weight is 403 g/mol. The number of benzene rings is 1. The molecule has 140 valence electrons. The molecule has 1 aromatic carbocycles. The summed E-state index contributed by atoms with van der Waals surface area (Å²) in [6.45, 7) is 0.351. The van der Waals surface area contributed by atoms with Crippen LogP contribution in [0.5, 0.6) is 5.75 Å². The first-order valence-electron chi connectivity index (χ1n) is 8.21. The Hall–Kier alpha value is -2.65. The molecule has 7 nitrogen and oxygen atoms in total. The quantitative estimate of drug-likeness (QED) is 0.544. The number of hydrogen-bond acceptors (Lipinski definition) is 6. The zero-order valence-corrected chi connectivity index (χ0v) is 16.2. The van der Waals surface area contributed by atoms with Crippen LogP contribution < -0.4 is 10.1 Å². The predicted molar refractivity (Wildman–Crippen MR) is 108 cm³/mol. The number of aromatic amines is 1. The molecule has 0 bridgehead atoms. The van der Waals surface area contributed by atoms with E-state index in [4.69, 9.17) is 17.0 Å². The van der Waals surface area contributed by atoms with Crippen molar-refractivity contribution in [1.29, 1.82) is 0 Å². The molecule has 0 atom stereocenters. The van der Waals surface area contributed by atoms with Gasteiger partial charge in [-0.1, -0.05) is 42.2 Å². The molecule has 27 heavy (non-hydrogen) atoms. The van der Waals surface area contributed by atoms with Crippen molar-refractivity contribution < 1.29 is 14.3 Å². The third-order valence-electron chi connectivity index (χ3n) is 3.87. The van der Waals surface area contributed by atoms with E-state index < -0.39 is 0 Å². The maximum Gasteiger partial charge on any atom is 0.266 e. The number of thiocarbonyl (C=S) groups is 1. The summed E-state index contributed by atoms with van der Waals surface area (Å²) in [6.07, 6.45) is 5.66. The molecule has 1 fully saturated rings. The normalized spacial score (nSPS) is 15.4. The van der Waals surface area contributed by atoms with Gasteiger partial charge >= 0.3 is 0 Å². The number of hydrogen-bond donors (Lipinski definition) is 2. The Labute approximate surface area is 166 Å². The lowest BCUT2D eigenvalue weighted by Crippen LogP contribution is -2.40. The largest absolute Gasteiger partial charge is 0.496 e. The van der Waals surface area contributed by atoms with Crippen LogP contribution in [0, 0.1) is 0 Å². The van der Waals surface area contributed by atoms with Gasteiger partial charge < -0.3 is 15.0 Å². The summed E-state index contributed by atoms with van der Waals surface area (Å²) in [5.41, 5.74) is 1.71. The van der Waals surface area contributed by atoms with Crippen molar-refractivity contribution >= 4 is 46.2 Å². The zero-order chi connectivity index (χ0) is 19.2. The number of imidazole rings is 1. The molecule has 1 aromatic heterocycles. The molecule has 1 saturated heterocycles. The first-order chi connectivity index (χ1) is 13.1. The van der Waals surface area contributed by atoms with Gasteiger partial charge in [0, 0.05) is 30.4 Å². The van der Waals surface area contributed by atoms with Crippen molar-refractivity contribution in [3.05, 3.63) is 53.0 Å². The maximum atomic E-state index is 12.6. The van der Waals surface area contributed by atoms with Crippen LogP contribution in [0.1, 0.15) is 11.3 Å². The van der Waals surface area contributed by atoms with E-state index in [1.54, 1.807) is 25.7 Å². The van der Waals surface area contributed by atoms with E-state index in [-0.39, 0.29) is 18.4 Å². The Kier molecular flexibility index (Phi) is 6.25. The van der Waals surface area contributed by atoms with Crippen molar-refractivity contribution in [2.75, 3.05) is 20.2 Å². The molecule has 2 amide bonds. The van der Waals surface area contributed by atoms with Gasteiger partial charge in [0.1, 0.15) is 16.6 Å². The number of methoxy groups -OCH3 is 1. The summed E-state index contributed by atoms with van der Waals surface area (Å²) in [5.74, 6) is 0.128. The Morgan fingerprint density at radius 2 is 2.26 bits per heavy atom. The molecule has 2 aromatic rings. The van der Waals surface area contributed by atoms with Crippen molar-refractivity contribution in [2.24, 2.45) is 0 Å². The number of thioether (sulfide) groups is 1. The van der Waals surface area contributed by atoms with Crippen LogP contribution in [0.3, 0.4) is 0 Å². The number of nitrogens with one attached hydrogen (secondary N) is 2. The van der Waals surface area contributed by atoms with Crippen LogP contribution in [-0.2, 0) is 16.0 Å². The monoisotopic (exact) mass is 402 g/mol. The van der Waals surface area contributed by atoms with E-state index in [2.05, 4.69) is 15.3 Å². The molecule has 2 heterocycles. The van der Waals surface area contributed by atoms with E-state index in [0.29, 0.717) is 27.9 Å². The van der Waals surface area contributed by atoms with Crippen LogP contribution in [0.4, 0.5) is 0 Å². The highest BCUT2D eigenvalue weighted by atomic mass is 32.2. The average Bonchev–Trinajstić information content (AvgIpc) is 3.26. The lowest BCUT2D eigenvalue weighted by atomic mass is 10.2. The molecule has 0 aliphatic carbocycles. The fourth-order valence-corrected chi connectivity index (χ4v) is 3.77. The number of aromatic nitrogens is 2. The summed E-state index contributed by atoms with van der Waals surface area (Å²) in [6, 6.07) is 7.39. The second-order valence-corrected chi connectivity index (χ2v) is 7.36. The molecule has 2 N–H and O–H groups in total. The minimum atomic E-state index is -0.278. The van der Waals surface area contributed by atoms with Crippen molar-refractivity contribution in [3.8, 4) is 5.75 Å². The molecule has 3 rings (SSSR count). The maximum absolute atomic E-state index is 12.6. The van der Waals surface area contributed by atoms with Crippen LogP contribution in [-0.4, -0.2) is 51.2 Å². The number of ether oxygens (including phenoxy) is 1. The third-order valence-corrected chi connectivity index (χ3v) is 5.25. The van der Waals surface area contributed by atoms with E-state index in [1.807, 2.05) is 24.3 Å². The van der Waals surface area contributed by atoms with Gasteiger partial charge in [-0.05, 0) is 12.1 Å². The number of H-pyrrole nitrogens is 1. The van der Waals surface area contributed by atoms with Gasteiger partial charge in [-0.15, -0.1) is 0 Å². The number of amides is 2. The first kappa shape index (κ1) is 19.1. The predicted octanol–water partition coefficient (Wildman–Crippen LogP) is 1.98. The first-order valence-corrected chi connectivity index (χ1v) is 9.43. The van der Waals surface area contributed by atoms with E-state index >= 15 is 0 Å². The van der Waals surface area contributed by atoms with Gasteiger partial charge in [-0.3, -0.25) is 14.5 Å². The Bertz CT molecular complexity index is 880. The smallest absolute Gasteiger partial charge is 0.266 e. The number of carbonyl (C=O) groups excluding carboxylic acids is 2. The summed E-state index contributed by atoms with van der Waals surface area (Å²) >= 11 is 6.45. The zero-order valence-electron chi connectivity index (χ0n) is 14.6. The molecule has 9 heteroatoms. The highest BCUT2D eigenvalue weighted by Crippen LogP contribution is 2.33. The standard InChI is InChI=1S/C18H18N4O3S2/c1-25-14-5-3-2-4-12(14)8-15-17(24)22(18(26)27-15)10-16(23)20-7-6-13-9-19-11-21-13/h2-5,8-9,11H,6-7,10H2,1H3,(H,19,21)(H,20,23). The molecule has 0 spiro atoms. The number of rotatable bonds is 7. The summed E-state index contributed by atoms with van der Waals surface area (Å²) in [4.78, 5) is 33.4. The second kappa shape index (κ2) is 8.83. The summed E-state index contributed by atoms with van der Waals surface area (Å²) in [5, 5.41) is 2.78. The molecule has 0 saturated carbocycles. The molecular weight excluding hydrogens is 384 g/mol. The SMILES string of the molecule is COc1ccccc1C=C1SC(=S)N(CC(=O)NCCc2cnc[nH]2)C1=O. The Balaban J connectivity index is 1.60. The molecule has 0 radical (unpaired) electrons. The Morgan fingerprint density at radius 1 is 1.44 bits per heavy atom.